The molecule has 1 atom stereocenters. The highest BCUT2D eigenvalue weighted by molar-refractivity contribution is 5.48. The fraction of sp³-hybridized carbons (Fsp3) is 0.600. The summed E-state index contributed by atoms with van der Waals surface area (Å²) in [6.45, 7) is 5.65. The van der Waals surface area contributed by atoms with Crippen LogP contribution in [-0.4, -0.2) is 32.3 Å². The lowest BCUT2D eigenvalue weighted by Crippen LogP contribution is -2.42. The molecule has 18 heavy (non-hydrogen) atoms. The molecular weight excluding hydrogens is 224 g/mol. The number of benzene rings is 1. The quantitative estimate of drug-likeness (QED) is 0.869. The van der Waals surface area contributed by atoms with Crippen LogP contribution in [0.15, 0.2) is 24.3 Å². The van der Waals surface area contributed by atoms with Crippen LogP contribution >= 0.6 is 0 Å². The molecule has 1 heterocycles. The minimum absolute atomic E-state index is 0.507. The van der Waals surface area contributed by atoms with Crippen LogP contribution < -0.4 is 10.6 Å². The molecule has 100 valence electrons. The van der Waals surface area contributed by atoms with Crippen LogP contribution in [0.5, 0.6) is 0 Å². The Bertz CT molecular complexity index is 344. The van der Waals surface area contributed by atoms with Crippen molar-refractivity contribution in [2.24, 2.45) is 5.73 Å². The molecule has 1 unspecified atom stereocenters. The zero-order chi connectivity index (χ0) is 12.8. The second-order valence-electron chi connectivity index (χ2n) is 5.04. The topological polar surface area (TPSA) is 38.5 Å². The lowest BCUT2D eigenvalue weighted by atomic mass is 10.1. The van der Waals surface area contributed by atoms with Gasteiger partial charge >= 0.3 is 0 Å². The minimum atomic E-state index is 0.507. The van der Waals surface area contributed by atoms with E-state index in [1.54, 1.807) is 0 Å². The Morgan fingerprint density at radius 3 is 2.72 bits per heavy atom. The average molecular weight is 248 g/mol. The molecule has 0 bridgehead atoms. The first-order valence-corrected chi connectivity index (χ1v) is 6.92. The van der Waals surface area contributed by atoms with Gasteiger partial charge in [0.2, 0.25) is 0 Å². The molecule has 1 aliphatic rings. The van der Waals surface area contributed by atoms with Gasteiger partial charge in [-0.2, -0.15) is 0 Å². The molecule has 0 spiro atoms. The summed E-state index contributed by atoms with van der Waals surface area (Å²) in [7, 11) is 0. The first-order chi connectivity index (χ1) is 8.81. The summed E-state index contributed by atoms with van der Waals surface area (Å²) in [6.07, 6.45) is 3.42. The molecule has 1 aromatic rings. The summed E-state index contributed by atoms with van der Waals surface area (Å²) in [5.41, 5.74) is 8.25. The van der Waals surface area contributed by atoms with Crippen molar-refractivity contribution in [3.05, 3.63) is 29.8 Å². The fourth-order valence-electron chi connectivity index (χ4n) is 2.49. The number of ether oxygens (including phenoxy) is 1. The summed E-state index contributed by atoms with van der Waals surface area (Å²) in [5.74, 6) is 0. The van der Waals surface area contributed by atoms with Crippen LogP contribution in [0.1, 0.15) is 24.8 Å². The lowest BCUT2D eigenvalue weighted by Gasteiger charge is -2.36. The van der Waals surface area contributed by atoms with Crippen molar-refractivity contribution in [1.29, 1.82) is 0 Å². The van der Waals surface area contributed by atoms with Gasteiger partial charge in [-0.05, 0) is 44.9 Å². The van der Waals surface area contributed by atoms with Crippen LogP contribution in [0.25, 0.3) is 0 Å². The van der Waals surface area contributed by atoms with E-state index in [4.69, 9.17) is 10.5 Å². The molecule has 2 rings (SSSR count). The Morgan fingerprint density at radius 2 is 2.11 bits per heavy atom. The van der Waals surface area contributed by atoms with Gasteiger partial charge in [0.25, 0.3) is 0 Å². The first kappa shape index (κ1) is 13.4. The molecule has 3 nitrogen and oxygen atoms in total. The number of nitrogens with two attached hydrogens (primary N) is 1. The third-order valence-electron chi connectivity index (χ3n) is 3.55. The highest BCUT2D eigenvalue weighted by Gasteiger charge is 2.21. The van der Waals surface area contributed by atoms with Crippen LogP contribution in [0.4, 0.5) is 5.69 Å². The maximum absolute atomic E-state index is 5.65. The minimum Gasteiger partial charge on any atom is -0.379 e. The van der Waals surface area contributed by atoms with E-state index in [-0.39, 0.29) is 0 Å². The fourth-order valence-corrected chi connectivity index (χ4v) is 2.49. The van der Waals surface area contributed by atoms with Crippen molar-refractivity contribution >= 4 is 5.69 Å². The van der Waals surface area contributed by atoms with Crippen molar-refractivity contribution in [1.82, 2.24) is 0 Å². The van der Waals surface area contributed by atoms with Crippen LogP contribution in [0.3, 0.4) is 0 Å². The smallest absolute Gasteiger partial charge is 0.0669 e. The van der Waals surface area contributed by atoms with Gasteiger partial charge in [0.05, 0.1) is 12.6 Å². The Kier molecular flexibility index (Phi) is 5.02. The third kappa shape index (κ3) is 3.47. The second-order valence-corrected chi connectivity index (χ2v) is 5.04. The van der Waals surface area contributed by atoms with Crippen molar-refractivity contribution < 1.29 is 4.74 Å². The molecule has 1 aromatic carbocycles. The highest BCUT2D eigenvalue weighted by Crippen LogP contribution is 2.22. The Morgan fingerprint density at radius 1 is 1.33 bits per heavy atom. The Balaban J connectivity index is 2.10. The van der Waals surface area contributed by atoms with E-state index < -0.39 is 0 Å². The van der Waals surface area contributed by atoms with Crippen molar-refractivity contribution in [2.75, 3.05) is 31.2 Å². The maximum atomic E-state index is 5.65. The number of aryl methyl sites for hydroxylation is 1. The van der Waals surface area contributed by atoms with E-state index in [1.807, 2.05) is 0 Å². The summed E-state index contributed by atoms with van der Waals surface area (Å²) < 4.78 is 5.62. The maximum Gasteiger partial charge on any atom is 0.0669 e. The highest BCUT2D eigenvalue weighted by atomic mass is 16.5. The molecule has 0 aromatic heterocycles. The predicted molar refractivity (Wildman–Crippen MR) is 76.0 cm³/mol. The lowest BCUT2D eigenvalue weighted by molar-refractivity contribution is 0.0792. The molecular formula is C15H24N2O. The molecule has 0 radical (unpaired) electrons. The summed E-state index contributed by atoms with van der Waals surface area (Å²) in [4.78, 5) is 2.46. The first-order valence-electron chi connectivity index (χ1n) is 6.92. The zero-order valence-corrected chi connectivity index (χ0v) is 11.3. The van der Waals surface area contributed by atoms with Crippen molar-refractivity contribution in [3.63, 3.8) is 0 Å². The molecule has 1 fully saturated rings. The molecule has 1 aliphatic heterocycles. The van der Waals surface area contributed by atoms with Crippen LogP contribution in [-0.2, 0) is 4.74 Å². The normalized spacial score (nSPS) is 19.8. The molecule has 0 saturated carbocycles. The third-order valence-corrected chi connectivity index (χ3v) is 3.55. The van der Waals surface area contributed by atoms with Crippen molar-refractivity contribution in [2.45, 2.75) is 32.2 Å². The van der Waals surface area contributed by atoms with Gasteiger partial charge in [-0.3, -0.25) is 0 Å². The van der Waals surface area contributed by atoms with Gasteiger partial charge in [-0.25, -0.2) is 0 Å². The van der Waals surface area contributed by atoms with E-state index in [0.717, 1.165) is 39.1 Å². The number of rotatable bonds is 5. The van der Waals surface area contributed by atoms with Gasteiger partial charge in [-0.1, -0.05) is 17.7 Å². The van der Waals surface area contributed by atoms with E-state index in [1.165, 1.54) is 17.7 Å². The van der Waals surface area contributed by atoms with E-state index in [9.17, 15) is 0 Å². The predicted octanol–water partition coefficient (Wildman–Crippen LogP) is 2.33. The Hall–Kier alpha value is -1.06. The number of anilines is 1. The van der Waals surface area contributed by atoms with E-state index in [0.29, 0.717) is 6.04 Å². The largest absolute Gasteiger partial charge is 0.379 e. The summed E-state index contributed by atoms with van der Waals surface area (Å²) in [5, 5.41) is 0. The van der Waals surface area contributed by atoms with Gasteiger partial charge in [-0.15, -0.1) is 0 Å². The molecule has 3 heteroatoms. The van der Waals surface area contributed by atoms with Crippen LogP contribution in [0.2, 0.25) is 0 Å². The standard InChI is InChI=1S/C15H24N2O/c1-13-5-7-14(8-6-13)17(10-3-9-16)15-4-2-11-18-12-15/h5-8,15H,2-4,9-12,16H2,1H3. The number of hydrogen-bond donors (Lipinski definition) is 1. The molecule has 0 amide bonds. The van der Waals surface area contributed by atoms with Crippen LogP contribution in [0, 0.1) is 6.92 Å². The molecule has 0 aliphatic carbocycles. The summed E-state index contributed by atoms with van der Waals surface area (Å²) in [6, 6.07) is 9.28. The zero-order valence-electron chi connectivity index (χ0n) is 11.3. The molecule has 1 saturated heterocycles. The number of hydrogen-bond acceptors (Lipinski definition) is 3. The number of nitrogens with zero attached hydrogens (tertiary/aromatic N) is 1. The van der Waals surface area contributed by atoms with E-state index >= 15 is 0 Å². The second kappa shape index (κ2) is 6.76. The monoisotopic (exact) mass is 248 g/mol. The van der Waals surface area contributed by atoms with Gasteiger partial charge < -0.3 is 15.4 Å². The Labute approximate surface area is 110 Å². The van der Waals surface area contributed by atoms with E-state index in [2.05, 4.69) is 36.1 Å². The van der Waals surface area contributed by atoms with Gasteiger partial charge in [0.1, 0.15) is 0 Å². The van der Waals surface area contributed by atoms with Gasteiger partial charge in [0.15, 0.2) is 0 Å². The SMILES string of the molecule is Cc1ccc(N(CCCN)C2CCCOC2)cc1. The average Bonchev–Trinajstić information content (AvgIpc) is 2.42. The summed E-state index contributed by atoms with van der Waals surface area (Å²) >= 11 is 0. The van der Waals surface area contributed by atoms with Crippen molar-refractivity contribution in [3.8, 4) is 0 Å². The molecule has 2 N–H and O–H groups in total. The van der Waals surface area contributed by atoms with Gasteiger partial charge in [0, 0.05) is 18.8 Å².